The molecule has 0 fully saturated rings. The van der Waals surface area contributed by atoms with Gasteiger partial charge >= 0.3 is 5.97 Å². The van der Waals surface area contributed by atoms with Crippen LogP contribution in [-0.4, -0.2) is 32.2 Å². The number of benzene rings is 2. The van der Waals surface area contributed by atoms with E-state index in [2.05, 4.69) is 11.9 Å². The average Bonchev–Trinajstić information content (AvgIpc) is 2.69. The quantitative estimate of drug-likeness (QED) is 0.407. The summed E-state index contributed by atoms with van der Waals surface area (Å²) in [5.41, 5.74) is 2.40. The van der Waals surface area contributed by atoms with Crippen molar-refractivity contribution in [1.29, 1.82) is 0 Å². The van der Waals surface area contributed by atoms with Crippen molar-refractivity contribution in [3.05, 3.63) is 72.3 Å². The molecular formula is C22H23NO5. The van der Waals surface area contributed by atoms with Crippen molar-refractivity contribution in [2.24, 2.45) is 0 Å². The Balaban J connectivity index is 1.87. The molecular weight excluding hydrogens is 358 g/mol. The molecule has 1 N–H and O–H groups in total. The fraction of sp³-hybridized carbons (Fsp3) is 0.182. The molecule has 6 nitrogen and oxygen atoms in total. The van der Waals surface area contributed by atoms with E-state index in [4.69, 9.17) is 14.2 Å². The number of carbonyl (C=O) groups is 2. The van der Waals surface area contributed by atoms with E-state index in [9.17, 15) is 9.59 Å². The van der Waals surface area contributed by atoms with Gasteiger partial charge in [-0.15, -0.1) is 0 Å². The van der Waals surface area contributed by atoms with E-state index in [0.717, 1.165) is 11.1 Å². The highest BCUT2D eigenvalue weighted by Gasteiger charge is 2.07. The fourth-order valence-electron chi connectivity index (χ4n) is 2.32. The van der Waals surface area contributed by atoms with Gasteiger partial charge in [-0.2, -0.15) is 0 Å². The Hall–Kier alpha value is -3.54. The van der Waals surface area contributed by atoms with Crippen LogP contribution in [0.25, 0.3) is 6.08 Å². The highest BCUT2D eigenvalue weighted by Crippen LogP contribution is 2.28. The third kappa shape index (κ3) is 6.64. The first-order chi connectivity index (χ1) is 13.5. The Morgan fingerprint density at radius 2 is 1.96 bits per heavy atom. The highest BCUT2D eigenvalue weighted by molar-refractivity contribution is 5.94. The number of rotatable bonds is 9. The number of hydrogen-bond acceptors (Lipinski definition) is 5. The molecule has 0 radical (unpaired) electrons. The van der Waals surface area contributed by atoms with Gasteiger partial charge in [-0.05, 0) is 48.4 Å². The number of aryl methyl sites for hydroxylation is 1. The lowest BCUT2D eigenvalue weighted by atomic mass is 10.2. The lowest BCUT2D eigenvalue weighted by Gasteiger charge is -2.09. The predicted octanol–water partition coefficient (Wildman–Crippen LogP) is 3.76. The Kier molecular flexibility index (Phi) is 7.84. The predicted molar refractivity (Wildman–Crippen MR) is 108 cm³/mol. The molecule has 2 rings (SSSR count). The van der Waals surface area contributed by atoms with Gasteiger partial charge in [-0.1, -0.05) is 30.9 Å². The number of amides is 1. The maximum Gasteiger partial charge on any atom is 0.331 e. The molecule has 0 spiro atoms. The van der Waals surface area contributed by atoms with Crippen LogP contribution in [-0.2, 0) is 14.3 Å². The summed E-state index contributed by atoms with van der Waals surface area (Å²) in [7, 11) is 1.53. The smallest absolute Gasteiger partial charge is 0.331 e. The topological polar surface area (TPSA) is 73.9 Å². The summed E-state index contributed by atoms with van der Waals surface area (Å²) in [6, 6.07) is 12.6. The fourth-order valence-corrected chi connectivity index (χ4v) is 2.32. The van der Waals surface area contributed by atoms with Crippen molar-refractivity contribution in [1.82, 2.24) is 0 Å². The molecule has 146 valence electrons. The first-order valence-electron chi connectivity index (χ1n) is 8.65. The Bertz CT molecular complexity index is 873. The third-order valence-electron chi connectivity index (χ3n) is 3.60. The van der Waals surface area contributed by atoms with E-state index in [1.807, 2.05) is 25.1 Å². The summed E-state index contributed by atoms with van der Waals surface area (Å²) in [4.78, 5) is 23.7. The van der Waals surface area contributed by atoms with E-state index in [1.54, 1.807) is 36.4 Å². The lowest BCUT2D eigenvalue weighted by molar-refractivity contribution is -0.142. The second-order valence-electron chi connectivity index (χ2n) is 5.87. The van der Waals surface area contributed by atoms with Crippen molar-refractivity contribution < 1.29 is 23.8 Å². The monoisotopic (exact) mass is 381 g/mol. The normalized spacial score (nSPS) is 10.4. The molecule has 0 saturated heterocycles. The van der Waals surface area contributed by atoms with Crippen molar-refractivity contribution >= 4 is 23.6 Å². The number of ether oxygens (including phenoxy) is 3. The van der Waals surface area contributed by atoms with Gasteiger partial charge in [0.05, 0.1) is 7.11 Å². The number of carbonyl (C=O) groups excluding carboxylic acids is 2. The SMILES string of the molecule is C=CCOc1ccc(/C=C/C(=O)OCC(=O)Nc2cccc(C)c2)cc1OC. The standard InChI is InChI=1S/C22H23NO5/c1-4-12-27-19-10-8-17(14-20(19)26-3)9-11-22(25)28-15-21(24)23-18-7-5-6-16(2)13-18/h4-11,13-14H,1,12,15H2,2-3H3,(H,23,24)/b11-9+. The molecule has 2 aromatic rings. The number of methoxy groups -OCH3 is 1. The summed E-state index contributed by atoms with van der Waals surface area (Å²) in [5, 5.41) is 2.67. The number of nitrogens with one attached hydrogen (secondary N) is 1. The van der Waals surface area contributed by atoms with Crippen LogP contribution in [0.4, 0.5) is 5.69 Å². The van der Waals surface area contributed by atoms with E-state index < -0.39 is 11.9 Å². The summed E-state index contributed by atoms with van der Waals surface area (Å²) >= 11 is 0. The minimum Gasteiger partial charge on any atom is -0.493 e. The zero-order valence-corrected chi connectivity index (χ0v) is 15.9. The Morgan fingerprint density at radius 1 is 1.14 bits per heavy atom. The molecule has 0 saturated carbocycles. The molecule has 1 amide bonds. The second-order valence-corrected chi connectivity index (χ2v) is 5.87. The van der Waals surface area contributed by atoms with Crippen LogP contribution in [0.5, 0.6) is 11.5 Å². The zero-order chi connectivity index (χ0) is 20.4. The maximum atomic E-state index is 11.9. The number of hydrogen-bond donors (Lipinski definition) is 1. The molecule has 0 aromatic heterocycles. The van der Waals surface area contributed by atoms with Gasteiger partial charge in [0.15, 0.2) is 18.1 Å². The zero-order valence-electron chi connectivity index (χ0n) is 15.9. The van der Waals surface area contributed by atoms with Crippen LogP contribution < -0.4 is 14.8 Å². The van der Waals surface area contributed by atoms with E-state index in [-0.39, 0.29) is 6.61 Å². The van der Waals surface area contributed by atoms with Gasteiger partial charge in [0, 0.05) is 11.8 Å². The average molecular weight is 381 g/mol. The largest absolute Gasteiger partial charge is 0.493 e. The second kappa shape index (κ2) is 10.6. The van der Waals surface area contributed by atoms with Gasteiger partial charge in [-0.3, -0.25) is 4.79 Å². The molecule has 0 aliphatic rings. The Morgan fingerprint density at radius 3 is 2.68 bits per heavy atom. The lowest BCUT2D eigenvalue weighted by Crippen LogP contribution is -2.20. The van der Waals surface area contributed by atoms with Crippen molar-refractivity contribution in [3.63, 3.8) is 0 Å². The summed E-state index contributed by atoms with van der Waals surface area (Å²) in [6.07, 6.45) is 4.46. The number of esters is 1. The Labute approximate surface area is 164 Å². The minimum atomic E-state index is -0.620. The van der Waals surface area contributed by atoms with Crippen LogP contribution in [0.15, 0.2) is 61.2 Å². The van der Waals surface area contributed by atoms with Crippen LogP contribution in [0.2, 0.25) is 0 Å². The molecule has 0 atom stereocenters. The van der Waals surface area contributed by atoms with Gasteiger partial charge < -0.3 is 19.5 Å². The molecule has 2 aromatic carbocycles. The van der Waals surface area contributed by atoms with Gasteiger partial charge in [0.25, 0.3) is 5.91 Å². The minimum absolute atomic E-state index is 0.364. The van der Waals surface area contributed by atoms with E-state index >= 15 is 0 Å². The van der Waals surface area contributed by atoms with E-state index in [1.165, 1.54) is 13.2 Å². The molecule has 0 aliphatic carbocycles. The van der Waals surface area contributed by atoms with Crippen LogP contribution in [0.3, 0.4) is 0 Å². The molecule has 28 heavy (non-hydrogen) atoms. The molecule has 0 bridgehead atoms. The third-order valence-corrected chi connectivity index (χ3v) is 3.60. The van der Waals surface area contributed by atoms with Crippen LogP contribution in [0, 0.1) is 6.92 Å². The van der Waals surface area contributed by atoms with Crippen molar-refractivity contribution in [2.75, 3.05) is 25.6 Å². The van der Waals surface area contributed by atoms with Crippen LogP contribution in [0.1, 0.15) is 11.1 Å². The summed E-state index contributed by atoms with van der Waals surface area (Å²) in [6.45, 7) is 5.52. The number of anilines is 1. The summed E-state index contributed by atoms with van der Waals surface area (Å²) < 4.78 is 15.7. The van der Waals surface area contributed by atoms with E-state index in [0.29, 0.717) is 23.8 Å². The van der Waals surface area contributed by atoms with Gasteiger partial charge in [0.1, 0.15) is 6.61 Å². The van der Waals surface area contributed by atoms with Crippen molar-refractivity contribution in [2.45, 2.75) is 6.92 Å². The molecule has 0 aliphatic heterocycles. The molecule has 0 unspecified atom stereocenters. The molecule has 6 heteroatoms. The maximum absolute atomic E-state index is 11.9. The first kappa shape index (κ1) is 20.8. The first-order valence-corrected chi connectivity index (χ1v) is 8.65. The van der Waals surface area contributed by atoms with Gasteiger partial charge in [-0.25, -0.2) is 4.79 Å². The van der Waals surface area contributed by atoms with Crippen LogP contribution >= 0.6 is 0 Å². The van der Waals surface area contributed by atoms with Gasteiger partial charge in [0.2, 0.25) is 0 Å². The molecule has 0 heterocycles. The summed E-state index contributed by atoms with van der Waals surface area (Å²) in [5.74, 6) is 0.0907. The highest BCUT2D eigenvalue weighted by atomic mass is 16.5. The van der Waals surface area contributed by atoms with Crippen molar-refractivity contribution in [3.8, 4) is 11.5 Å².